The van der Waals surface area contributed by atoms with Crippen LogP contribution in [0.5, 0.6) is 5.75 Å². The van der Waals surface area contributed by atoms with Crippen molar-refractivity contribution < 1.29 is 33.3 Å². The highest BCUT2D eigenvalue weighted by Gasteiger charge is 2.53. The highest BCUT2D eigenvalue weighted by Crippen LogP contribution is 2.49. The molecule has 0 radical (unpaired) electrons. The number of nitrogens with two attached hydrogens (primary N) is 1. The van der Waals surface area contributed by atoms with Crippen molar-refractivity contribution in [2.75, 3.05) is 12.8 Å². The van der Waals surface area contributed by atoms with Crippen LogP contribution in [0.4, 0.5) is 10.2 Å². The summed E-state index contributed by atoms with van der Waals surface area (Å²) in [6.07, 6.45) is 4.05. The van der Waals surface area contributed by atoms with Crippen molar-refractivity contribution in [3.8, 4) is 18.1 Å². The maximum Gasteiger partial charge on any atom is 0.316 e. The molecule has 4 rings (SSSR count). The molecule has 1 aliphatic heterocycles. The van der Waals surface area contributed by atoms with E-state index in [2.05, 4.69) is 20.9 Å². The zero-order valence-corrected chi connectivity index (χ0v) is 24.8. The summed E-state index contributed by atoms with van der Waals surface area (Å²) in [6, 6.07) is 3.64. The van der Waals surface area contributed by atoms with Crippen molar-refractivity contribution in [2.45, 2.75) is 84.2 Å². The Labute approximate surface area is 243 Å². The van der Waals surface area contributed by atoms with Gasteiger partial charge in [0, 0.05) is 23.8 Å². The molecule has 0 amide bonds. The zero-order chi connectivity index (χ0) is 31.2. The standard InChI is InChI=1S/C30H36FN5O6/c1-9-30(19(37)12-20(42-30)36-15-33-23-24(32)34-27(31)35-25(23)36)14-29(7,13-21(38)40-8)22-17(3)10-16(2)11-18(22)41-26(39)28(4,5)6/h1,10-11,15,19-20,37H,12-14H2,2-8H3,(H2,32,34,35)/t19-,20+,29?,30-/m0/s1. The molecule has 224 valence electrons. The Kier molecular flexibility index (Phi) is 8.06. The minimum absolute atomic E-state index is 0.00817. The number of hydrogen-bond acceptors (Lipinski definition) is 10. The van der Waals surface area contributed by atoms with Gasteiger partial charge in [-0.3, -0.25) is 14.2 Å². The number of benzene rings is 1. The van der Waals surface area contributed by atoms with Gasteiger partial charge in [-0.1, -0.05) is 18.9 Å². The van der Waals surface area contributed by atoms with Crippen LogP contribution in [0.3, 0.4) is 0 Å². The number of carbonyl (C=O) groups is 2. The third-order valence-electron chi connectivity index (χ3n) is 7.56. The number of hydrogen-bond donors (Lipinski definition) is 2. The number of fused-ring (bicyclic) bond motifs is 1. The van der Waals surface area contributed by atoms with Crippen LogP contribution in [0.15, 0.2) is 18.5 Å². The minimum atomic E-state index is -1.62. The van der Waals surface area contributed by atoms with Crippen molar-refractivity contribution in [3.63, 3.8) is 0 Å². The summed E-state index contributed by atoms with van der Waals surface area (Å²) in [6.45, 7) is 10.7. The van der Waals surface area contributed by atoms with Gasteiger partial charge in [0.05, 0.1) is 31.4 Å². The van der Waals surface area contributed by atoms with E-state index in [1.54, 1.807) is 33.8 Å². The van der Waals surface area contributed by atoms with Gasteiger partial charge in [-0.15, -0.1) is 6.42 Å². The average Bonchev–Trinajstić information content (AvgIpc) is 3.43. The van der Waals surface area contributed by atoms with Crippen LogP contribution in [0.2, 0.25) is 0 Å². The second-order valence-corrected chi connectivity index (χ2v) is 12.1. The molecule has 1 unspecified atom stereocenters. The topological polar surface area (TPSA) is 152 Å². The summed E-state index contributed by atoms with van der Waals surface area (Å²) in [4.78, 5) is 37.3. The largest absolute Gasteiger partial charge is 0.469 e. The number of nitrogen functional groups attached to an aromatic ring is 1. The number of terminal acetylenes is 1. The Morgan fingerprint density at radius 3 is 2.60 bits per heavy atom. The molecule has 0 bridgehead atoms. The van der Waals surface area contributed by atoms with E-state index >= 15 is 0 Å². The lowest BCUT2D eigenvalue weighted by atomic mass is 9.68. The first-order valence-corrected chi connectivity index (χ1v) is 13.4. The van der Waals surface area contributed by atoms with E-state index in [4.69, 9.17) is 26.4 Å². The van der Waals surface area contributed by atoms with E-state index in [0.717, 1.165) is 11.1 Å². The van der Waals surface area contributed by atoms with Gasteiger partial charge in [-0.05, 0) is 51.8 Å². The molecular formula is C30H36FN5O6. The maximum atomic E-state index is 14.0. The molecule has 11 nitrogen and oxygen atoms in total. The molecule has 3 aromatic rings. The van der Waals surface area contributed by atoms with E-state index in [9.17, 15) is 19.1 Å². The summed E-state index contributed by atoms with van der Waals surface area (Å²) in [5.74, 6) is 1.76. The lowest BCUT2D eigenvalue weighted by Gasteiger charge is -2.39. The van der Waals surface area contributed by atoms with Gasteiger partial charge in [0.15, 0.2) is 22.6 Å². The van der Waals surface area contributed by atoms with Gasteiger partial charge in [-0.2, -0.15) is 14.4 Å². The number of rotatable bonds is 7. The lowest BCUT2D eigenvalue weighted by Crippen LogP contribution is -2.45. The second-order valence-electron chi connectivity index (χ2n) is 12.1. The average molecular weight is 582 g/mol. The maximum absolute atomic E-state index is 14.0. The van der Waals surface area contributed by atoms with E-state index in [0.29, 0.717) is 5.56 Å². The summed E-state index contributed by atoms with van der Waals surface area (Å²) in [7, 11) is 1.27. The van der Waals surface area contributed by atoms with Gasteiger partial charge in [-0.25, -0.2) is 4.98 Å². The molecule has 1 saturated heterocycles. The summed E-state index contributed by atoms with van der Waals surface area (Å²) < 4.78 is 32.8. The molecule has 1 aliphatic rings. The monoisotopic (exact) mass is 581 g/mol. The van der Waals surface area contributed by atoms with Gasteiger partial charge < -0.3 is 25.1 Å². The number of ether oxygens (including phenoxy) is 3. The van der Waals surface area contributed by atoms with Crippen LogP contribution < -0.4 is 10.5 Å². The molecule has 0 spiro atoms. The fourth-order valence-corrected chi connectivity index (χ4v) is 5.63. The molecule has 0 saturated carbocycles. The molecule has 4 atom stereocenters. The van der Waals surface area contributed by atoms with Crippen LogP contribution in [-0.4, -0.2) is 55.4 Å². The van der Waals surface area contributed by atoms with Crippen LogP contribution >= 0.6 is 0 Å². The van der Waals surface area contributed by atoms with Crippen molar-refractivity contribution in [1.29, 1.82) is 0 Å². The van der Waals surface area contributed by atoms with Gasteiger partial charge >= 0.3 is 18.0 Å². The van der Waals surface area contributed by atoms with Crippen molar-refractivity contribution >= 4 is 28.9 Å². The summed E-state index contributed by atoms with van der Waals surface area (Å²) in [5.41, 5.74) is 4.65. The molecule has 3 N–H and O–H groups in total. The number of halogens is 1. The number of methoxy groups -OCH3 is 1. The van der Waals surface area contributed by atoms with Crippen molar-refractivity contribution in [1.82, 2.24) is 19.5 Å². The lowest BCUT2D eigenvalue weighted by molar-refractivity contribution is -0.143. The first kappa shape index (κ1) is 30.9. The number of nitrogens with zero attached hydrogens (tertiary/aromatic N) is 4. The molecule has 2 aromatic heterocycles. The van der Waals surface area contributed by atoms with E-state index < -0.39 is 46.8 Å². The van der Waals surface area contributed by atoms with Crippen LogP contribution in [0.1, 0.15) is 69.9 Å². The molecule has 1 aromatic carbocycles. The Hall–Kier alpha value is -4.08. The highest BCUT2D eigenvalue weighted by molar-refractivity contribution is 5.81. The first-order chi connectivity index (χ1) is 19.5. The van der Waals surface area contributed by atoms with Gasteiger partial charge in [0.1, 0.15) is 12.0 Å². The zero-order valence-electron chi connectivity index (χ0n) is 24.8. The number of aryl methyl sites for hydroxylation is 2. The molecule has 12 heteroatoms. The minimum Gasteiger partial charge on any atom is -0.469 e. The molecule has 1 fully saturated rings. The number of aromatic nitrogens is 4. The fraction of sp³-hybridized carbons (Fsp3) is 0.500. The number of esters is 2. The van der Waals surface area contributed by atoms with Crippen LogP contribution in [0, 0.1) is 37.7 Å². The number of anilines is 1. The SMILES string of the molecule is C#C[C@@]1(CC(C)(CC(=O)OC)c2c(C)cc(C)cc2OC(=O)C(C)(C)C)O[C@@H](n2cnc3c(N)nc(F)nc32)C[C@@H]1O. The van der Waals surface area contributed by atoms with Crippen LogP contribution in [-0.2, 0) is 24.5 Å². The normalized spacial score (nSPS) is 22.0. The first-order valence-electron chi connectivity index (χ1n) is 13.4. The fourth-order valence-electron chi connectivity index (χ4n) is 5.63. The molecular weight excluding hydrogens is 545 g/mol. The predicted molar refractivity (Wildman–Crippen MR) is 152 cm³/mol. The van der Waals surface area contributed by atoms with Crippen molar-refractivity contribution in [3.05, 3.63) is 41.2 Å². The van der Waals surface area contributed by atoms with E-state index in [-0.39, 0.29) is 42.0 Å². The Bertz CT molecular complexity index is 1590. The third kappa shape index (κ3) is 5.67. The Balaban J connectivity index is 1.81. The Morgan fingerprint density at radius 2 is 1.98 bits per heavy atom. The summed E-state index contributed by atoms with van der Waals surface area (Å²) in [5, 5.41) is 11.4. The van der Waals surface area contributed by atoms with Crippen molar-refractivity contribution in [2.24, 2.45) is 5.41 Å². The highest BCUT2D eigenvalue weighted by atomic mass is 19.1. The van der Waals surface area contributed by atoms with Gasteiger partial charge in [0.25, 0.3) is 0 Å². The quantitative estimate of drug-likeness (QED) is 0.183. The number of aliphatic hydroxyl groups excluding tert-OH is 1. The summed E-state index contributed by atoms with van der Waals surface area (Å²) >= 11 is 0. The smallest absolute Gasteiger partial charge is 0.316 e. The van der Waals surface area contributed by atoms with Crippen LogP contribution in [0.25, 0.3) is 11.2 Å². The molecule has 3 heterocycles. The number of imidazole rings is 1. The third-order valence-corrected chi connectivity index (χ3v) is 7.56. The predicted octanol–water partition coefficient (Wildman–Crippen LogP) is 3.68. The Morgan fingerprint density at radius 1 is 1.29 bits per heavy atom. The second kappa shape index (κ2) is 11.0. The number of carbonyl (C=O) groups excluding carboxylic acids is 2. The molecule has 42 heavy (non-hydrogen) atoms. The van der Waals surface area contributed by atoms with E-state index in [1.807, 2.05) is 19.9 Å². The molecule has 0 aliphatic carbocycles. The van der Waals surface area contributed by atoms with Gasteiger partial charge in [0.2, 0.25) is 0 Å². The number of aliphatic hydroxyl groups is 1. The van der Waals surface area contributed by atoms with E-state index in [1.165, 1.54) is 18.0 Å².